The lowest BCUT2D eigenvalue weighted by Gasteiger charge is -2.12. The highest BCUT2D eigenvalue weighted by atomic mass is 35.5. The first-order chi connectivity index (χ1) is 21.4. The van der Waals surface area contributed by atoms with Crippen LogP contribution in [0.2, 0.25) is 5.02 Å². The molecule has 0 aliphatic rings. The first-order valence-corrected chi connectivity index (χ1v) is 15.1. The molecule has 0 saturated carbocycles. The minimum absolute atomic E-state index is 0.0995. The van der Waals surface area contributed by atoms with Crippen molar-refractivity contribution in [3.05, 3.63) is 155 Å². The van der Waals surface area contributed by atoms with Crippen LogP contribution in [-0.2, 0) is 9.59 Å². The smallest absolute Gasteiger partial charge is 0.272 e. The average Bonchev–Trinajstić information content (AvgIpc) is 3.05. The van der Waals surface area contributed by atoms with Gasteiger partial charge in [-0.15, -0.1) is 11.8 Å². The summed E-state index contributed by atoms with van der Waals surface area (Å²) < 4.78 is 0. The van der Waals surface area contributed by atoms with Crippen molar-refractivity contribution in [3.63, 3.8) is 0 Å². The number of carbonyl (C=O) groups excluding carboxylic acids is 3. The zero-order valence-electron chi connectivity index (χ0n) is 23.5. The summed E-state index contributed by atoms with van der Waals surface area (Å²) in [6.45, 7) is 0. The molecule has 0 aliphatic heterocycles. The maximum atomic E-state index is 13.4. The van der Waals surface area contributed by atoms with E-state index in [4.69, 9.17) is 11.6 Å². The highest BCUT2D eigenvalue weighted by Crippen LogP contribution is 2.23. The molecular weight excluding hydrogens is 590 g/mol. The molecule has 8 heteroatoms. The van der Waals surface area contributed by atoms with Gasteiger partial charge in [-0.2, -0.15) is 0 Å². The maximum absolute atomic E-state index is 13.4. The number of anilines is 2. The molecule has 218 valence electrons. The van der Waals surface area contributed by atoms with E-state index in [2.05, 4.69) is 16.0 Å². The lowest BCUT2D eigenvalue weighted by atomic mass is 10.0. The molecule has 0 aliphatic carbocycles. The van der Waals surface area contributed by atoms with Crippen molar-refractivity contribution in [1.29, 1.82) is 0 Å². The minimum Gasteiger partial charge on any atom is -0.325 e. The Morgan fingerprint density at radius 3 is 2.00 bits per heavy atom. The van der Waals surface area contributed by atoms with E-state index in [-0.39, 0.29) is 17.4 Å². The van der Waals surface area contributed by atoms with Gasteiger partial charge in [0.1, 0.15) is 5.70 Å². The van der Waals surface area contributed by atoms with Crippen LogP contribution < -0.4 is 16.0 Å². The third kappa shape index (κ3) is 8.70. The van der Waals surface area contributed by atoms with Gasteiger partial charge >= 0.3 is 0 Å². The highest BCUT2D eigenvalue weighted by Gasteiger charge is 2.15. The summed E-state index contributed by atoms with van der Waals surface area (Å²) in [6.07, 6.45) is 1.65. The van der Waals surface area contributed by atoms with E-state index in [0.29, 0.717) is 22.0 Å². The first kappa shape index (κ1) is 30.4. The molecule has 3 N–H and O–H groups in total. The molecule has 5 rings (SSSR count). The van der Waals surface area contributed by atoms with E-state index in [1.807, 2.05) is 72.8 Å². The molecule has 5 aromatic rings. The molecule has 0 aromatic heterocycles. The summed E-state index contributed by atoms with van der Waals surface area (Å²) >= 11 is 7.35. The van der Waals surface area contributed by atoms with Crippen LogP contribution in [0.4, 0.5) is 11.4 Å². The topological polar surface area (TPSA) is 87.3 Å². The van der Waals surface area contributed by atoms with Gasteiger partial charge < -0.3 is 16.0 Å². The fourth-order valence-electron chi connectivity index (χ4n) is 4.26. The second-order valence-electron chi connectivity index (χ2n) is 9.69. The predicted molar refractivity (Wildman–Crippen MR) is 180 cm³/mol. The van der Waals surface area contributed by atoms with E-state index in [9.17, 15) is 14.4 Å². The van der Waals surface area contributed by atoms with Crippen LogP contribution in [0.1, 0.15) is 15.9 Å². The van der Waals surface area contributed by atoms with Crippen LogP contribution >= 0.6 is 23.4 Å². The Hall–Kier alpha value is -5.11. The zero-order valence-corrected chi connectivity index (χ0v) is 25.1. The fourth-order valence-corrected chi connectivity index (χ4v) is 5.15. The second-order valence-corrected chi connectivity index (χ2v) is 11.2. The predicted octanol–water partition coefficient (Wildman–Crippen LogP) is 8.15. The number of benzene rings is 5. The van der Waals surface area contributed by atoms with Gasteiger partial charge in [-0.3, -0.25) is 14.4 Å². The van der Waals surface area contributed by atoms with Crippen molar-refractivity contribution in [2.75, 3.05) is 16.4 Å². The molecule has 0 fully saturated rings. The normalized spacial score (nSPS) is 11.0. The average molecular weight is 618 g/mol. The fraction of sp³-hybridized carbons (Fsp3) is 0.0278. The summed E-state index contributed by atoms with van der Waals surface area (Å²) in [5.41, 5.74) is 4.60. The quantitative estimate of drug-likeness (QED) is 0.109. The van der Waals surface area contributed by atoms with Crippen molar-refractivity contribution in [3.8, 4) is 11.1 Å². The van der Waals surface area contributed by atoms with Gasteiger partial charge in [0.25, 0.3) is 11.8 Å². The third-order valence-electron chi connectivity index (χ3n) is 6.45. The lowest BCUT2D eigenvalue weighted by Crippen LogP contribution is -2.30. The summed E-state index contributed by atoms with van der Waals surface area (Å²) in [6, 6.07) is 40.6. The Kier molecular flexibility index (Phi) is 10.3. The maximum Gasteiger partial charge on any atom is 0.272 e. The van der Waals surface area contributed by atoms with E-state index >= 15 is 0 Å². The molecule has 0 bridgehead atoms. The Morgan fingerprint density at radius 2 is 1.32 bits per heavy atom. The van der Waals surface area contributed by atoms with Crippen molar-refractivity contribution in [1.82, 2.24) is 5.32 Å². The molecule has 6 nitrogen and oxygen atoms in total. The van der Waals surface area contributed by atoms with Crippen LogP contribution in [0, 0.1) is 0 Å². The molecule has 5 aromatic carbocycles. The standard InChI is InChI=1S/C36H28ClN3O3S/c37-29-12-7-13-31(23-29)38-34(41)24-44-32-20-18-30(19-21-32)39-36(43)33(40-35(42)28-10-5-2-6-11-28)22-25-14-16-27(17-15-25)26-8-3-1-4-9-26/h1-23H,24H2,(H,38,41)(H,39,43)(H,40,42)/b33-22-. The molecular formula is C36H28ClN3O3S. The van der Waals surface area contributed by atoms with E-state index in [0.717, 1.165) is 21.6 Å². The number of nitrogens with one attached hydrogen (secondary N) is 3. The van der Waals surface area contributed by atoms with Crippen molar-refractivity contribution in [2.45, 2.75) is 4.90 Å². The number of hydrogen-bond donors (Lipinski definition) is 3. The molecule has 44 heavy (non-hydrogen) atoms. The summed E-state index contributed by atoms with van der Waals surface area (Å²) in [7, 11) is 0. The van der Waals surface area contributed by atoms with Crippen LogP contribution in [0.5, 0.6) is 0 Å². The van der Waals surface area contributed by atoms with Crippen molar-refractivity contribution < 1.29 is 14.4 Å². The second kappa shape index (κ2) is 14.9. The Morgan fingerprint density at radius 1 is 0.659 bits per heavy atom. The number of rotatable bonds is 10. The molecule has 0 spiro atoms. The monoisotopic (exact) mass is 617 g/mol. The Balaban J connectivity index is 1.26. The Labute approximate surface area is 265 Å². The van der Waals surface area contributed by atoms with Gasteiger partial charge in [-0.1, -0.05) is 90.5 Å². The van der Waals surface area contributed by atoms with Gasteiger partial charge in [0.15, 0.2) is 0 Å². The number of halogens is 1. The van der Waals surface area contributed by atoms with Crippen LogP contribution in [0.15, 0.2) is 144 Å². The van der Waals surface area contributed by atoms with Gasteiger partial charge in [0.05, 0.1) is 5.75 Å². The molecule has 0 atom stereocenters. The third-order valence-corrected chi connectivity index (χ3v) is 7.70. The lowest BCUT2D eigenvalue weighted by molar-refractivity contribution is -0.114. The van der Waals surface area contributed by atoms with Crippen LogP contribution in [0.3, 0.4) is 0 Å². The van der Waals surface area contributed by atoms with Gasteiger partial charge in [0, 0.05) is 26.9 Å². The summed E-state index contributed by atoms with van der Waals surface area (Å²) in [4.78, 5) is 39.6. The minimum atomic E-state index is -0.470. The SMILES string of the molecule is O=C(CSc1ccc(NC(=O)/C(=C/c2ccc(-c3ccccc3)cc2)NC(=O)c2ccccc2)cc1)Nc1cccc(Cl)c1. The number of carbonyl (C=O) groups is 3. The zero-order chi connectivity index (χ0) is 30.7. The number of amides is 3. The molecule has 0 heterocycles. The van der Waals surface area contributed by atoms with Gasteiger partial charge in [-0.05, 0) is 77.4 Å². The number of thioether (sulfide) groups is 1. The van der Waals surface area contributed by atoms with Crippen molar-refractivity contribution in [2.24, 2.45) is 0 Å². The van der Waals surface area contributed by atoms with E-state index in [1.54, 1.807) is 66.7 Å². The van der Waals surface area contributed by atoms with Gasteiger partial charge in [0.2, 0.25) is 5.91 Å². The van der Waals surface area contributed by atoms with Crippen LogP contribution in [0.25, 0.3) is 17.2 Å². The molecule has 0 saturated heterocycles. The Bertz CT molecular complexity index is 1780. The number of hydrogen-bond acceptors (Lipinski definition) is 4. The van der Waals surface area contributed by atoms with Crippen LogP contribution in [-0.4, -0.2) is 23.5 Å². The largest absolute Gasteiger partial charge is 0.325 e. The molecule has 0 radical (unpaired) electrons. The van der Waals surface area contributed by atoms with Gasteiger partial charge in [-0.25, -0.2) is 0 Å². The van der Waals surface area contributed by atoms with E-state index in [1.165, 1.54) is 11.8 Å². The highest BCUT2D eigenvalue weighted by molar-refractivity contribution is 8.00. The van der Waals surface area contributed by atoms with Crippen molar-refractivity contribution >= 4 is 58.5 Å². The summed E-state index contributed by atoms with van der Waals surface area (Å²) in [5, 5.41) is 9.00. The first-order valence-electron chi connectivity index (χ1n) is 13.8. The summed E-state index contributed by atoms with van der Waals surface area (Å²) in [5.74, 6) is -0.812. The molecule has 0 unspecified atom stereocenters. The molecule has 3 amide bonds. The van der Waals surface area contributed by atoms with E-state index < -0.39 is 11.8 Å².